The maximum Gasteiger partial charge on any atom is 0.406 e. The van der Waals surface area contributed by atoms with Crippen molar-refractivity contribution in [1.82, 2.24) is 14.5 Å². The number of hydrogen-bond donors (Lipinski definition) is 0. The van der Waals surface area contributed by atoms with Crippen LogP contribution in [0.15, 0.2) is 34.2 Å². The van der Waals surface area contributed by atoms with Gasteiger partial charge in [0.15, 0.2) is 5.16 Å². The summed E-state index contributed by atoms with van der Waals surface area (Å²) in [7, 11) is 0. The van der Waals surface area contributed by atoms with Gasteiger partial charge in [-0.05, 0) is 50.7 Å². The van der Waals surface area contributed by atoms with Crippen molar-refractivity contribution in [3.05, 3.63) is 34.6 Å². The first-order chi connectivity index (χ1) is 14.7. The fourth-order valence-corrected chi connectivity index (χ4v) is 5.36. The Morgan fingerprint density at radius 2 is 1.90 bits per heavy atom. The maximum atomic E-state index is 13.2. The molecule has 31 heavy (non-hydrogen) atoms. The normalized spacial score (nSPS) is 18.5. The molecular weight excluding hydrogens is 427 g/mol. The van der Waals surface area contributed by atoms with Gasteiger partial charge in [0, 0.05) is 12.1 Å². The maximum absolute atomic E-state index is 13.2. The first-order valence-corrected chi connectivity index (χ1v) is 11.7. The highest BCUT2D eigenvalue weighted by Gasteiger charge is 2.40. The number of rotatable bonds is 7. The van der Waals surface area contributed by atoms with Crippen molar-refractivity contribution in [1.29, 1.82) is 0 Å². The van der Waals surface area contributed by atoms with Gasteiger partial charge in [-0.15, -0.1) is 0 Å². The molecule has 0 aliphatic heterocycles. The van der Waals surface area contributed by atoms with Gasteiger partial charge >= 0.3 is 6.18 Å². The monoisotopic (exact) mass is 453 g/mol. The van der Waals surface area contributed by atoms with Gasteiger partial charge in [-0.1, -0.05) is 36.7 Å². The van der Waals surface area contributed by atoms with E-state index in [0.29, 0.717) is 16.1 Å². The lowest BCUT2D eigenvalue weighted by Gasteiger charge is -2.30. The highest BCUT2D eigenvalue weighted by Crippen LogP contribution is 2.37. The van der Waals surface area contributed by atoms with E-state index in [0.717, 1.165) is 55.2 Å². The molecule has 0 saturated heterocycles. The molecule has 5 nitrogen and oxygen atoms in total. The topological polar surface area (TPSA) is 55.2 Å². The fourth-order valence-electron chi connectivity index (χ4n) is 4.41. The van der Waals surface area contributed by atoms with Crippen LogP contribution in [0.5, 0.6) is 0 Å². The third-order valence-corrected chi connectivity index (χ3v) is 7.19. The summed E-state index contributed by atoms with van der Waals surface area (Å²) in [6.07, 6.45) is 1.01. The predicted molar refractivity (Wildman–Crippen MR) is 114 cm³/mol. The zero-order chi connectivity index (χ0) is 22.2. The molecule has 0 spiro atoms. The van der Waals surface area contributed by atoms with Gasteiger partial charge in [-0.2, -0.15) is 13.2 Å². The summed E-state index contributed by atoms with van der Waals surface area (Å²) in [5, 5.41) is 0.932. The van der Waals surface area contributed by atoms with Gasteiger partial charge < -0.3 is 4.90 Å². The molecule has 2 aliphatic rings. The summed E-state index contributed by atoms with van der Waals surface area (Å²) in [4.78, 5) is 31.6. The van der Waals surface area contributed by atoms with Gasteiger partial charge in [-0.3, -0.25) is 14.2 Å². The Balaban J connectivity index is 1.60. The molecule has 0 unspecified atom stereocenters. The fraction of sp³-hybridized carbons (Fsp3) is 0.591. The lowest BCUT2D eigenvalue weighted by Crippen LogP contribution is -2.46. The molecular formula is C22H26F3N3O2S. The van der Waals surface area contributed by atoms with Crippen LogP contribution in [-0.2, 0) is 4.79 Å². The smallest absolute Gasteiger partial charge is 0.330 e. The summed E-state index contributed by atoms with van der Waals surface area (Å²) in [5.74, 6) is -0.612. The van der Waals surface area contributed by atoms with E-state index in [1.165, 1.54) is 0 Å². The molecule has 2 fully saturated rings. The largest absolute Gasteiger partial charge is 0.406 e. The highest BCUT2D eigenvalue weighted by molar-refractivity contribution is 7.99. The van der Waals surface area contributed by atoms with Crippen molar-refractivity contribution >= 4 is 28.6 Å². The van der Waals surface area contributed by atoms with E-state index in [1.54, 1.807) is 35.8 Å². The quantitative estimate of drug-likeness (QED) is 0.447. The number of halogens is 3. The van der Waals surface area contributed by atoms with Crippen molar-refractivity contribution < 1.29 is 18.0 Å². The highest BCUT2D eigenvalue weighted by atomic mass is 32.2. The summed E-state index contributed by atoms with van der Waals surface area (Å²) >= 11 is 1.07. The van der Waals surface area contributed by atoms with Crippen molar-refractivity contribution in [2.45, 2.75) is 68.9 Å². The lowest BCUT2D eigenvalue weighted by atomic mass is 10.2. The van der Waals surface area contributed by atoms with Gasteiger partial charge in [0.2, 0.25) is 5.91 Å². The molecule has 168 valence electrons. The third kappa shape index (κ3) is 5.07. The summed E-state index contributed by atoms with van der Waals surface area (Å²) in [5.41, 5.74) is 0.390. The lowest BCUT2D eigenvalue weighted by molar-refractivity contribution is -0.164. The van der Waals surface area contributed by atoms with Crippen LogP contribution in [0.1, 0.15) is 51.5 Å². The van der Waals surface area contributed by atoms with Crippen LogP contribution in [0.4, 0.5) is 13.2 Å². The Morgan fingerprint density at radius 3 is 2.55 bits per heavy atom. The van der Waals surface area contributed by atoms with Crippen LogP contribution in [0, 0.1) is 5.92 Å². The Hall–Kier alpha value is -2.03. The average molecular weight is 454 g/mol. The zero-order valence-corrected chi connectivity index (χ0v) is 18.2. The van der Waals surface area contributed by atoms with E-state index in [2.05, 4.69) is 4.98 Å². The number of amides is 1. The molecule has 1 heterocycles. The Morgan fingerprint density at radius 1 is 1.23 bits per heavy atom. The number of para-hydroxylation sites is 1. The van der Waals surface area contributed by atoms with Crippen molar-refractivity contribution in [3.8, 4) is 0 Å². The molecule has 1 aromatic heterocycles. The number of nitrogens with zero attached hydrogens (tertiary/aromatic N) is 3. The first kappa shape index (κ1) is 22.2. The molecule has 1 amide bonds. The van der Waals surface area contributed by atoms with E-state index >= 15 is 0 Å². The van der Waals surface area contributed by atoms with Gasteiger partial charge in [-0.25, -0.2) is 4.98 Å². The second kappa shape index (κ2) is 8.84. The summed E-state index contributed by atoms with van der Waals surface area (Å²) in [6, 6.07) is 6.62. The number of thioether (sulfide) groups is 1. The molecule has 0 bridgehead atoms. The van der Waals surface area contributed by atoms with Crippen LogP contribution in [0.2, 0.25) is 0 Å². The molecule has 2 aliphatic carbocycles. The number of alkyl halides is 3. The van der Waals surface area contributed by atoms with E-state index in [9.17, 15) is 22.8 Å². The van der Waals surface area contributed by atoms with Crippen LogP contribution >= 0.6 is 11.8 Å². The minimum Gasteiger partial charge on any atom is -0.330 e. The van der Waals surface area contributed by atoms with Crippen molar-refractivity contribution in [3.63, 3.8) is 0 Å². The number of carbonyl (C=O) groups excluding carboxylic acids is 1. The average Bonchev–Trinajstić information content (AvgIpc) is 3.44. The number of hydrogen-bond acceptors (Lipinski definition) is 4. The Bertz CT molecular complexity index is 1010. The first-order valence-electron chi connectivity index (χ1n) is 10.7. The standard InChI is InChI=1S/C22H26F3N3O2S/c1-14(15-10-11-15)27(13-22(23,24)25)19(29)12-31-21-26-18-9-5-4-8-17(18)20(30)28(21)16-6-2-3-7-16/h4-5,8-9,14-16H,2-3,6-7,10-13H2,1H3/t14-/m0/s1. The second-order valence-corrected chi connectivity index (χ2v) is 9.47. The van der Waals surface area contributed by atoms with Crippen molar-refractivity contribution in [2.75, 3.05) is 12.3 Å². The number of carbonyl (C=O) groups is 1. The van der Waals surface area contributed by atoms with E-state index < -0.39 is 24.7 Å². The van der Waals surface area contributed by atoms with E-state index in [-0.39, 0.29) is 23.3 Å². The van der Waals surface area contributed by atoms with Crippen LogP contribution in [-0.4, -0.2) is 44.9 Å². The van der Waals surface area contributed by atoms with Crippen molar-refractivity contribution in [2.24, 2.45) is 5.92 Å². The van der Waals surface area contributed by atoms with Crippen LogP contribution < -0.4 is 5.56 Å². The summed E-state index contributed by atoms with van der Waals surface area (Å²) in [6.45, 7) is 0.444. The molecule has 2 saturated carbocycles. The minimum absolute atomic E-state index is 0.0128. The van der Waals surface area contributed by atoms with E-state index in [4.69, 9.17) is 0 Å². The minimum atomic E-state index is -4.45. The SMILES string of the molecule is C[C@@H](C1CC1)N(CC(F)(F)F)C(=O)CSc1nc2ccccc2c(=O)n1C1CCCC1. The number of fused-ring (bicyclic) bond motifs is 1. The molecule has 4 rings (SSSR count). The predicted octanol–water partition coefficient (Wildman–Crippen LogP) is 4.79. The Labute approximate surface area is 183 Å². The number of aromatic nitrogens is 2. The van der Waals surface area contributed by atoms with Crippen LogP contribution in [0.25, 0.3) is 10.9 Å². The van der Waals surface area contributed by atoms with Crippen LogP contribution in [0.3, 0.4) is 0 Å². The molecule has 9 heteroatoms. The molecule has 1 aromatic carbocycles. The van der Waals surface area contributed by atoms with Gasteiger partial charge in [0.25, 0.3) is 5.56 Å². The Kier molecular flexibility index (Phi) is 6.32. The molecule has 0 radical (unpaired) electrons. The molecule has 2 aromatic rings. The molecule has 1 atom stereocenters. The third-order valence-electron chi connectivity index (χ3n) is 6.26. The van der Waals surface area contributed by atoms with E-state index in [1.807, 2.05) is 0 Å². The van der Waals surface area contributed by atoms with Gasteiger partial charge in [0.1, 0.15) is 6.54 Å². The number of benzene rings is 1. The van der Waals surface area contributed by atoms with Gasteiger partial charge in [0.05, 0.1) is 16.7 Å². The zero-order valence-electron chi connectivity index (χ0n) is 17.4. The molecule has 0 N–H and O–H groups in total. The second-order valence-electron chi connectivity index (χ2n) is 8.53. The summed E-state index contributed by atoms with van der Waals surface area (Å²) < 4.78 is 41.0.